The molecule has 0 heterocycles. The first-order valence-electron chi connectivity index (χ1n) is 6.91. The van der Waals surface area contributed by atoms with Gasteiger partial charge >= 0.3 is 0 Å². The van der Waals surface area contributed by atoms with Gasteiger partial charge in [0.25, 0.3) is 0 Å². The van der Waals surface area contributed by atoms with Gasteiger partial charge in [0, 0.05) is 12.1 Å². The summed E-state index contributed by atoms with van der Waals surface area (Å²) in [5.41, 5.74) is 1.33. The molecule has 2 N–H and O–H groups in total. The van der Waals surface area contributed by atoms with E-state index in [4.69, 9.17) is 0 Å². The van der Waals surface area contributed by atoms with E-state index < -0.39 is 8.07 Å². The molecule has 0 atom stereocenters. The van der Waals surface area contributed by atoms with Crippen molar-refractivity contribution in [3.8, 4) is 0 Å². The number of hydrogen-bond acceptors (Lipinski definition) is 2. The number of rotatable bonds is 5. The standard InChI is InChI=1S/C15H25NOSi/c1-18(2,3)14-7-5-13(6-8-14)11-16-15(12-17)9-4-10-15/h5-8,16-17H,4,9-12H2,1-3H3. The number of nitrogens with one attached hydrogen (secondary N) is 1. The van der Waals surface area contributed by atoms with Crippen LogP contribution in [0.3, 0.4) is 0 Å². The second kappa shape index (κ2) is 5.15. The van der Waals surface area contributed by atoms with E-state index in [-0.39, 0.29) is 12.1 Å². The summed E-state index contributed by atoms with van der Waals surface area (Å²) in [7, 11) is -1.18. The van der Waals surface area contributed by atoms with E-state index in [1.165, 1.54) is 17.2 Å². The summed E-state index contributed by atoms with van der Waals surface area (Å²) in [5, 5.41) is 14.4. The minimum absolute atomic E-state index is 0.0114. The zero-order valence-corrected chi connectivity index (χ0v) is 12.8. The van der Waals surface area contributed by atoms with Crippen molar-refractivity contribution in [2.24, 2.45) is 0 Å². The molecule has 3 heteroatoms. The van der Waals surface area contributed by atoms with Gasteiger partial charge in [-0.05, 0) is 24.8 Å². The van der Waals surface area contributed by atoms with Crippen LogP contribution >= 0.6 is 0 Å². The van der Waals surface area contributed by atoms with E-state index in [9.17, 15) is 5.11 Å². The molecule has 0 radical (unpaired) electrons. The Kier molecular flexibility index (Phi) is 3.95. The molecule has 0 unspecified atom stereocenters. The minimum Gasteiger partial charge on any atom is -0.394 e. The summed E-state index contributed by atoms with van der Waals surface area (Å²) >= 11 is 0. The zero-order valence-electron chi connectivity index (χ0n) is 11.8. The normalized spacial score (nSPS) is 18.4. The highest BCUT2D eigenvalue weighted by molar-refractivity contribution is 6.88. The average molecular weight is 263 g/mol. The van der Waals surface area contributed by atoms with Gasteiger partial charge in [0.1, 0.15) is 0 Å². The molecule has 1 aliphatic rings. The monoisotopic (exact) mass is 263 g/mol. The summed E-state index contributed by atoms with van der Waals surface area (Å²) < 4.78 is 0. The van der Waals surface area contributed by atoms with Crippen molar-refractivity contribution in [3.63, 3.8) is 0 Å². The third kappa shape index (κ3) is 3.02. The average Bonchev–Trinajstić information content (AvgIpc) is 2.28. The second-order valence-corrected chi connectivity index (χ2v) is 11.7. The van der Waals surface area contributed by atoms with Crippen LogP contribution in [0.25, 0.3) is 0 Å². The Morgan fingerprint density at radius 2 is 1.78 bits per heavy atom. The van der Waals surface area contributed by atoms with Crippen LogP contribution in [-0.4, -0.2) is 25.3 Å². The van der Waals surface area contributed by atoms with Crippen molar-refractivity contribution in [3.05, 3.63) is 29.8 Å². The van der Waals surface area contributed by atoms with Crippen molar-refractivity contribution >= 4 is 13.3 Å². The molecule has 100 valence electrons. The van der Waals surface area contributed by atoms with E-state index in [0.717, 1.165) is 19.4 Å². The van der Waals surface area contributed by atoms with Gasteiger partial charge in [-0.2, -0.15) is 0 Å². The van der Waals surface area contributed by atoms with Gasteiger partial charge in [0.15, 0.2) is 0 Å². The predicted octanol–water partition coefficient (Wildman–Crippen LogP) is 2.24. The van der Waals surface area contributed by atoms with E-state index in [0.29, 0.717) is 0 Å². The topological polar surface area (TPSA) is 32.3 Å². The first-order valence-corrected chi connectivity index (χ1v) is 10.4. The lowest BCUT2D eigenvalue weighted by molar-refractivity contribution is 0.0872. The van der Waals surface area contributed by atoms with Crippen LogP contribution in [0.15, 0.2) is 24.3 Å². The molecule has 0 spiro atoms. The Morgan fingerprint density at radius 3 is 2.17 bits per heavy atom. The lowest BCUT2D eigenvalue weighted by atomic mass is 9.77. The molecular formula is C15H25NOSi. The molecule has 18 heavy (non-hydrogen) atoms. The lowest BCUT2D eigenvalue weighted by Crippen LogP contribution is -2.53. The van der Waals surface area contributed by atoms with E-state index in [1.54, 1.807) is 0 Å². The Balaban J connectivity index is 1.94. The Morgan fingerprint density at radius 1 is 1.17 bits per heavy atom. The molecule has 1 aromatic carbocycles. The number of benzene rings is 1. The van der Waals surface area contributed by atoms with Gasteiger partial charge < -0.3 is 10.4 Å². The third-order valence-corrected chi connectivity index (χ3v) is 6.17. The van der Waals surface area contributed by atoms with Crippen LogP contribution in [0.5, 0.6) is 0 Å². The fraction of sp³-hybridized carbons (Fsp3) is 0.600. The quantitative estimate of drug-likeness (QED) is 0.799. The molecule has 1 saturated carbocycles. The molecule has 0 aromatic heterocycles. The van der Waals surface area contributed by atoms with Gasteiger partial charge in [0.2, 0.25) is 0 Å². The number of aliphatic hydroxyl groups excluding tert-OH is 1. The largest absolute Gasteiger partial charge is 0.394 e. The van der Waals surface area contributed by atoms with Gasteiger partial charge in [-0.15, -0.1) is 0 Å². The van der Waals surface area contributed by atoms with Crippen molar-refractivity contribution in [2.75, 3.05) is 6.61 Å². The third-order valence-electron chi connectivity index (χ3n) is 4.10. The minimum atomic E-state index is -1.18. The Bertz CT molecular complexity index is 384. The van der Waals surface area contributed by atoms with Crippen LogP contribution in [0.4, 0.5) is 0 Å². The maximum atomic E-state index is 9.41. The highest BCUT2D eigenvalue weighted by atomic mass is 28.3. The van der Waals surface area contributed by atoms with Gasteiger partial charge in [-0.25, -0.2) is 0 Å². The van der Waals surface area contributed by atoms with E-state index >= 15 is 0 Å². The van der Waals surface area contributed by atoms with Crippen LogP contribution in [0.1, 0.15) is 24.8 Å². The molecule has 0 bridgehead atoms. The molecule has 2 rings (SSSR count). The van der Waals surface area contributed by atoms with Crippen LogP contribution in [0.2, 0.25) is 19.6 Å². The molecule has 0 amide bonds. The van der Waals surface area contributed by atoms with Crippen molar-refractivity contribution in [1.82, 2.24) is 5.32 Å². The lowest BCUT2D eigenvalue weighted by Gasteiger charge is -2.41. The predicted molar refractivity (Wildman–Crippen MR) is 79.9 cm³/mol. The Hall–Kier alpha value is -0.643. The summed E-state index contributed by atoms with van der Waals surface area (Å²) in [6, 6.07) is 9.00. The first kappa shape index (κ1) is 13.8. The molecule has 2 nitrogen and oxygen atoms in total. The van der Waals surface area contributed by atoms with Crippen LogP contribution in [0, 0.1) is 0 Å². The molecule has 0 saturated heterocycles. The zero-order chi connectivity index (χ0) is 13.2. The van der Waals surface area contributed by atoms with Crippen molar-refractivity contribution in [2.45, 2.75) is 51.0 Å². The molecular weight excluding hydrogens is 238 g/mol. The van der Waals surface area contributed by atoms with E-state index in [1.807, 2.05) is 0 Å². The van der Waals surface area contributed by atoms with Gasteiger partial charge in [0.05, 0.1) is 14.7 Å². The summed E-state index contributed by atoms with van der Waals surface area (Å²) in [5.74, 6) is 0. The van der Waals surface area contributed by atoms with Crippen molar-refractivity contribution in [1.29, 1.82) is 0 Å². The summed E-state index contributed by atoms with van der Waals surface area (Å²) in [6.07, 6.45) is 3.45. The van der Waals surface area contributed by atoms with Gasteiger partial charge in [-0.3, -0.25) is 0 Å². The van der Waals surface area contributed by atoms with E-state index in [2.05, 4.69) is 49.2 Å². The smallest absolute Gasteiger partial charge is 0.0775 e. The molecule has 0 aliphatic heterocycles. The SMILES string of the molecule is C[Si](C)(C)c1ccc(CNC2(CO)CCC2)cc1. The molecule has 1 aromatic rings. The maximum absolute atomic E-state index is 9.41. The van der Waals surface area contributed by atoms with Gasteiger partial charge in [-0.1, -0.05) is 49.1 Å². The Labute approximate surface area is 111 Å². The number of hydrogen-bond donors (Lipinski definition) is 2. The first-order chi connectivity index (χ1) is 8.45. The van der Waals surface area contributed by atoms with Crippen LogP contribution < -0.4 is 10.5 Å². The highest BCUT2D eigenvalue weighted by Crippen LogP contribution is 2.31. The highest BCUT2D eigenvalue weighted by Gasteiger charge is 2.35. The second-order valence-electron chi connectivity index (χ2n) is 6.59. The maximum Gasteiger partial charge on any atom is 0.0775 e. The summed E-state index contributed by atoms with van der Waals surface area (Å²) in [4.78, 5) is 0. The van der Waals surface area contributed by atoms with Crippen molar-refractivity contribution < 1.29 is 5.11 Å². The summed E-state index contributed by atoms with van der Waals surface area (Å²) in [6.45, 7) is 8.24. The molecule has 1 aliphatic carbocycles. The fourth-order valence-corrected chi connectivity index (χ4v) is 3.57. The fourth-order valence-electron chi connectivity index (χ4n) is 2.41. The number of aliphatic hydroxyl groups is 1. The molecule has 1 fully saturated rings. The van der Waals surface area contributed by atoms with Crippen LogP contribution in [-0.2, 0) is 6.54 Å².